The summed E-state index contributed by atoms with van der Waals surface area (Å²) >= 11 is 6.71. The van der Waals surface area contributed by atoms with Crippen molar-refractivity contribution in [2.45, 2.75) is 37.8 Å². The van der Waals surface area contributed by atoms with Gasteiger partial charge in [0.05, 0.1) is 34.8 Å². The SMILES string of the molecule is CNC1CN(c2c(F)cc3c(=O)c(C(=O)OC)cn(C4CC4)c3c2Cl)CCCC1=O. The highest BCUT2D eigenvalue weighted by atomic mass is 35.5. The number of ketones is 1. The molecule has 1 aliphatic heterocycles. The van der Waals surface area contributed by atoms with E-state index in [0.29, 0.717) is 24.9 Å². The maximum Gasteiger partial charge on any atom is 0.343 e. The molecule has 1 aliphatic carbocycles. The van der Waals surface area contributed by atoms with Crippen molar-refractivity contribution in [1.29, 1.82) is 0 Å². The predicted octanol–water partition coefficient (Wildman–Crippen LogP) is 2.67. The van der Waals surface area contributed by atoms with E-state index < -0.39 is 23.3 Å². The molecule has 2 aliphatic rings. The van der Waals surface area contributed by atoms with Crippen LogP contribution in [0.25, 0.3) is 10.9 Å². The van der Waals surface area contributed by atoms with Gasteiger partial charge in [0, 0.05) is 31.7 Å². The van der Waals surface area contributed by atoms with Gasteiger partial charge in [0.1, 0.15) is 11.4 Å². The van der Waals surface area contributed by atoms with E-state index >= 15 is 4.39 Å². The van der Waals surface area contributed by atoms with Crippen LogP contribution in [-0.2, 0) is 9.53 Å². The molecule has 2 fully saturated rings. The fraction of sp³-hybridized carbons (Fsp3) is 0.476. The van der Waals surface area contributed by atoms with E-state index in [1.165, 1.54) is 13.3 Å². The first-order valence-corrected chi connectivity index (χ1v) is 10.3. The molecule has 160 valence electrons. The summed E-state index contributed by atoms with van der Waals surface area (Å²) in [5.74, 6) is -1.34. The van der Waals surface area contributed by atoms with Crippen molar-refractivity contribution >= 4 is 39.9 Å². The number of ether oxygens (including phenoxy) is 1. The number of hydrogen-bond donors (Lipinski definition) is 1. The fourth-order valence-electron chi connectivity index (χ4n) is 4.10. The van der Waals surface area contributed by atoms with Gasteiger partial charge in [-0.3, -0.25) is 9.59 Å². The number of benzene rings is 1. The van der Waals surface area contributed by atoms with Gasteiger partial charge in [-0.15, -0.1) is 0 Å². The molecular formula is C21H23ClFN3O4. The van der Waals surface area contributed by atoms with Crippen LogP contribution in [0.5, 0.6) is 0 Å². The molecule has 1 saturated carbocycles. The Labute approximate surface area is 177 Å². The number of aromatic nitrogens is 1. The van der Waals surface area contributed by atoms with Gasteiger partial charge in [-0.05, 0) is 32.4 Å². The van der Waals surface area contributed by atoms with Gasteiger partial charge in [0.25, 0.3) is 0 Å². The van der Waals surface area contributed by atoms with Gasteiger partial charge >= 0.3 is 5.97 Å². The van der Waals surface area contributed by atoms with Crippen LogP contribution < -0.4 is 15.6 Å². The number of fused-ring (bicyclic) bond motifs is 1. The van der Waals surface area contributed by atoms with Crippen LogP contribution in [0.4, 0.5) is 10.1 Å². The number of anilines is 1. The van der Waals surface area contributed by atoms with E-state index in [2.05, 4.69) is 5.32 Å². The number of nitrogens with zero attached hydrogens (tertiary/aromatic N) is 2. The van der Waals surface area contributed by atoms with Crippen molar-refractivity contribution < 1.29 is 18.7 Å². The molecule has 1 aromatic carbocycles. The molecule has 4 rings (SSSR count). The zero-order chi connectivity index (χ0) is 21.6. The number of esters is 1. The monoisotopic (exact) mass is 435 g/mol. The van der Waals surface area contributed by atoms with Crippen molar-refractivity contribution in [2.24, 2.45) is 0 Å². The number of rotatable bonds is 4. The number of likely N-dealkylation sites (N-methyl/N-ethyl adjacent to an activating group) is 1. The van der Waals surface area contributed by atoms with Gasteiger partial charge in [0.2, 0.25) is 5.43 Å². The molecule has 0 bridgehead atoms. The highest BCUT2D eigenvalue weighted by molar-refractivity contribution is 6.38. The molecule has 1 saturated heterocycles. The summed E-state index contributed by atoms with van der Waals surface area (Å²) in [5, 5.41) is 3.15. The molecule has 30 heavy (non-hydrogen) atoms. The second-order valence-corrected chi connectivity index (χ2v) is 8.15. The van der Waals surface area contributed by atoms with Crippen LogP contribution in [-0.4, -0.2) is 49.6 Å². The van der Waals surface area contributed by atoms with E-state index in [9.17, 15) is 14.4 Å². The summed E-state index contributed by atoms with van der Waals surface area (Å²) in [6.07, 6.45) is 4.21. The Bertz CT molecular complexity index is 1100. The topological polar surface area (TPSA) is 80.6 Å². The van der Waals surface area contributed by atoms with Crippen LogP contribution in [0.1, 0.15) is 42.1 Å². The van der Waals surface area contributed by atoms with Gasteiger partial charge in [0.15, 0.2) is 5.78 Å². The Morgan fingerprint density at radius 1 is 1.33 bits per heavy atom. The minimum Gasteiger partial charge on any atom is -0.465 e. The number of carbonyl (C=O) groups excluding carboxylic acids is 2. The van der Waals surface area contributed by atoms with Crippen LogP contribution in [0, 0.1) is 5.82 Å². The summed E-state index contributed by atoms with van der Waals surface area (Å²) in [6, 6.07) is 0.805. The molecule has 0 radical (unpaired) electrons. The first kappa shape index (κ1) is 20.8. The van der Waals surface area contributed by atoms with E-state index in [0.717, 1.165) is 18.9 Å². The number of Topliss-reactive ketones (excluding diaryl/α,β-unsaturated/α-hetero) is 1. The Balaban J connectivity index is 1.93. The molecule has 2 aromatic rings. The maximum absolute atomic E-state index is 15.3. The Morgan fingerprint density at radius 3 is 2.70 bits per heavy atom. The largest absolute Gasteiger partial charge is 0.465 e. The lowest BCUT2D eigenvalue weighted by molar-refractivity contribution is -0.120. The maximum atomic E-state index is 15.3. The molecule has 2 heterocycles. The highest BCUT2D eigenvalue weighted by Gasteiger charge is 2.32. The molecule has 1 aromatic heterocycles. The average Bonchev–Trinajstić information content (AvgIpc) is 3.57. The van der Waals surface area contributed by atoms with Crippen molar-refractivity contribution in [2.75, 3.05) is 32.1 Å². The smallest absolute Gasteiger partial charge is 0.343 e. The van der Waals surface area contributed by atoms with Crippen molar-refractivity contribution in [3.05, 3.63) is 38.9 Å². The third kappa shape index (κ3) is 3.48. The lowest BCUT2D eigenvalue weighted by Crippen LogP contribution is -2.43. The minimum absolute atomic E-state index is 0.0483. The summed E-state index contributed by atoms with van der Waals surface area (Å²) in [5.41, 5.74) is -0.167. The highest BCUT2D eigenvalue weighted by Crippen LogP contribution is 2.42. The summed E-state index contributed by atoms with van der Waals surface area (Å²) < 4.78 is 21.8. The second-order valence-electron chi connectivity index (χ2n) is 7.78. The molecule has 9 heteroatoms. The molecule has 7 nitrogen and oxygen atoms in total. The second kappa shape index (κ2) is 8.00. The standard InChI is InChI=1S/C21H23ClFN3O4/c1-24-15-10-25(7-3-4-16(15)27)19-14(23)8-12-18(17(19)22)26(11-5-6-11)9-13(20(12)28)21(29)30-2/h8-9,11,15,24H,3-7,10H2,1-2H3. The normalized spacial score (nSPS) is 19.8. The van der Waals surface area contributed by atoms with Crippen molar-refractivity contribution in [3.63, 3.8) is 0 Å². The van der Waals surface area contributed by atoms with E-state index in [-0.39, 0.29) is 40.0 Å². The van der Waals surface area contributed by atoms with Crippen molar-refractivity contribution in [3.8, 4) is 0 Å². The number of pyridine rings is 1. The molecule has 1 unspecified atom stereocenters. The molecule has 0 amide bonds. The zero-order valence-corrected chi connectivity index (χ0v) is 17.6. The van der Waals surface area contributed by atoms with Gasteiger partial charge < -0.3 is 19.5 Å². The Hall–Kier alpha value is -2.45. The van der Waals surface area contributed by atoms with Crippen LogP contribution in [0.15, 0.2) is 17.1 Å². The number of hydrogen-bond acceptors (Lipinski definition) is 6. The zero-order valence-electron chi connectivity index (χ0n) is 16.8. The Morgan fingerprint density at radius 2 is 2.07 bits per heavy atom. The van der Waals surface area contributed by atoms with E-state index in [4.69, 9.17) is 16.3 Å². The third-order valence-electron chi connectivity index (χ3n) is 5.84. The lowest BCUT2D eigenvalue weighted by atomic mass is 10.1. The first-order valence-electron chi connectivity index (χ1n) is 9.97. The molecule has 1 atom stereocenters. The van der Waals surface area contributed by atoms with Crippen LogP contribution in [0.2, 0.25) is 5.02 Å². The summed E-state index contributed by atoms with van der Waals surface area (Å²) in [4.78, 5) is 39.0. The summed E-state index contributed by atoms with van der Waals surface area (Å²) in [6.45, 7) is 0.755. The first-order chi connectivity index (χ1) is 14.4. The fourth-order valence-corrected chi connectivity index (χ4v) is 4.51. The number of halogens is 2. The predicted molar refractivity (Wildman–Crippen MR) is 112 cm³/mol. The average molecular weight is 436 g/mol. The Kier molecular flexibility index (Phi) is 5.55. The van der Waals surface area contributed by atoms with Gasteiger partial charge in [-0.2, -0.15) is 0 Å². The molecular weight excluding hydrogens is 413 g/mol. The number of carbonyl (C=O) groups is 2. The van der Waals surface area contributed by atoms with E-state index in [1.807, 2.05) is 0 Å². The van der Waals surface area contributed by atoms with E-state index in [1.54, 1.807) is 16.5 Å². The van der Waals surface area contributed by atoms with Crippen LogP contribution >= 0.6 is 11.6 Å². The third-order valence-corrected chi connectivity index (χ3v) is 6.19. The quantitative estimate of drug-likeness (QED) is 0.744. The molecule has 0 spiro atoms. The number of nitrogens with one attached hydrogen (secondary N) is 1. The summed E-state index contributed by atoms with van der Waals surface area (Å²) in [7, 11) is 2.90. The molecule has 1 N–H and O–H groups in total. The number of methoxy groups -OCH3 is 1. The minimum atomic E-state index is -0.764. The van der Waals surface area contributed by atoms with Crippen molar-refractivity contribution in [1.82, 2.24) is 9.88 Å². The lowest BCUT2D eigenvalue weighted by Gasteiger charge is -2.28. The van der Waals surface area contributed by atoms with Crippen LogP contribution in [0.3, 0.4) is 0 Å². The van der Waals surface area contributed by atoms with Gasteiger partial charge in [-0.1, -0.05) is 11.6 Å². The van der Waals surface area contributed by atoms with Gasteiger partial charge in [-0.25, -0.2) is 9.18 Å².